The molecule has 8 bridgehead atoms. The maximum Gasteiger partial charge on any atom is 2.00 e. The number of aromatic nitrogens is 2. The van der Waals surface area contributed by atoms with Crippen molar-refractivity contribution in [1.82, 2.24) is 9.97 Å². The van der Waals surface area contributed by atoms with Gasteiger partial charge in [-0.15, -0.1) is 30.9 Å². The topological polar surface area (TPSA) is 224 Å². The van der Waals surface area contributed by atoms with Crippen molar-refractivity contribution in [2.75, 3.05) is 26.2 Å². The maximum absolute atomic E-state index is 14.5. The molecule has 0 unspecified atom stereocenters. The number of quaternary nitrogens is 1. The molecular weight excluding hydrogens is 1220 g/mol. The fraction of sp³-hybridized carbons (Fsp3) is 0.303. The Kier molecular flexibility index (Phi) is 23.0. The van der Waals surface area contributed by atoms with Crippen LogP contribution in [-0.4, -0.2) is 91.4 Å². The molecular formula is C66H75B2N9O9Zn2. The summed E-state index contributed by atoms with van der Waals surface area (Å²) in [6.45, 7) is 25.1. The second kappa shape index (κ2) is 29.3. The van der Waals surface area contributed by atoms with Crippen molar-refractivity contribution in [1.29, 1.82) is 0 Å². The molecule has 18 nitrogen and oxygen atoms in total. The van der Waals surface area contributed by atoms with Gasteiger partial charge in [-0.2, -0.15) is 0 Å². The van der Waals surface area contributed by atoms with Crippen LogP contribution in [0.25, 0.3) is 22.3 Å². The molecule has 2 aromatic heterocycles. The quantitative estimate of drug-likeness (QED) is 0.103. The van der Waals surface area contributed by atoms with Gasteiger partial charge >= 0.3 is 52.5 Å². The van der Waals surface area contributed by atoms with E-state index in [4.69, 9.17) is 28.5 Å². The molecule has 7 aromatic rings. The largest absolute Gasteiger partial charge is 2.00 e. The summed E-state index contributed by atoms with van der Waals surface area (Å²) < 4.78 is 39.2. The molecule has 0 radical (unpaired) electrons. The van der Waals surface area contributed by atoms with E-state index in [0.717, 1.165) is 38.9 Å². The van der Waals surface area contributed by atoms with Crippen LogP contribution >= 0.6 is 0 Å². The number of benzene rings is 5. The molecule has 0 saturated carbocycles. The van der Waals surface area contributed by atoms with Crippen LogP contribution in [-0.2, 0) is 83.7 Å². The van der Waals surface area contributed by atoms with Crippen molar-refractivity contribution in [2.24, 2.45) is 30.9 Å². The van der Waals surface area contributed by atoms with E-state index in [-0.39, 0.29) is 83.3 Å². The number of pyridine rings is 2. The zero-order valence-corrected chi connectivity index (χ0v) is 58.7. The predicted octanol–water partition coefficient (Wildman–Crippen LogP) is 10.0. The summed E-state index contributed by atoms with van der Waals surface area (Å²) in [5.41, 5.74) is 5.05. The number of hydrogen-bond donors (Lipinski definition) is 0. The minimum absolute atomic E-state index is 0. The molecule has 0 aliphatic carbocycles. The first kappa shape index (κ1) is 69.1. The second-order valence-corrected chi connectivity index (χ2v) is 24.3. The summed E-state index contributed by atoms with van der Waals surface area (Å²) in [7, 11) is 0. The molecule has 0 saturated heterocycles. The Bertz CT molecular complexity index is 3210. The van der Waals surface area contributed by atoms with E-state index in [1.54, 1.807) is 110 Å². The molecule has 10 rings (SSSR count). The molecule has 5 aromatic carbocycles. The molecule has 0 N–H and O–H groups in total. The molecule has 0 amide bonds. The van der Waals surface area contributed by atoms with Crippen LogP contribution in [0.2, 0.25) is 0 Å². The molecule has 22 heteroatoms. The summed E-state index contributed by atoms with van der Waals surface area (Å²) in [6, 6.07) is 31.4. The summed E-state index contributed by atoms with van der Waals surface area (Å²) in [5, 5.41) is 69.7. The van der Waals surface area contributed by atoms with Crippen LogP contribution in [0.4, 0.5) is 0 Å². The van der Waals surface area contributed by atoms with Gasteiger partial charge in [0.05, 0.1) is 63.5 Å². The third-order valence-electron chi connectivity index (χ3n) is 15.7. The smallest absolute Gasteiger partial charge is 0.872 e. The second-order valence-electron chi connectivity index (χ2n) is 24.3. The van der Waals surface area contributed by atoms with Gasteiger partial charge in [-0.25, -0.2) is 0 Å². The van der Waals surface area contributed by atoms with Gasteiger partial charge in [0.1, 0.15) is 0 Å². The molecule has 0 fully saturated rings. The minimum Gasteiger partial charge on any atom is -0.872 e. The van der Waals surface area contributed by atoms with E-state index in [9.17, 15) is 15.3 Å². The van der Waals surface area contributed by atoms with Gasteiger partial charge in [-0.05, 0) is 141 Å². The summed E-state index contributed by atoms with van der Waals surface area (Å²) in [6.07, 6.45) is 14.0. The van der Waals surface area contributed by atoms with E-state index in [1.807, 2.05) is 86.6 Å². The zero-order chi connectivity index (χ0) is 61.9. The Morgan fingerprint density at radius 2 is 0.545 bits per heavy atom. The van der Waals surface area contributed by atoms with Crippen molar-refractivity contribution in [3.63, 3.8) is 0 Å². The molecule has 5 heterocycles. The first-order chi connectivity index (χ1) is 41.0. The van der Waals surface area contributed by atoms with Gasteiger partial charge in [0.2, 0.25) is 0 Å². The number of nitrogens with zero attached hydrogens (tertiary/aromatic N) is 9. The standard InChI is InChI=1S/C58H58B2N8O9.C8H20N.2Zn/c1-56(2,3)48-26-42-32-63-72-59(51-14-10-38(11-15-51)40-18-22-61-23-19-40)74-65-34-44-28-49(57(4,5)6)29-45(54(44)70)35-66-75-60(73-64-33-43(27-48)53(42)69,52-16-12-39(13-17-52)41-20-24-62-25-21-41)77-68-37-47-31-50(58(7,8)9)30-46(55(47)71)36-67-76-59;1-5-9(6-2,7-3)8-4;;/h10-37,69-71H,1-9H3;5-8H2,1-4H3;;/q-2;+1;2*+2/p-3/b63-32+,64-33+,65-34+,66-35+,67-36+,68-37+;;;. The van der Waals surface area contributed by atoms with E-state index < -0.39 is 47.0 Å². The van der Waals surface area contributed by atoms with Crippen molar-refractivity contribution in [2.45, 2.75) is 106 Å². The normalized spacial score (nSPS) is 18.9. The minimum atomic E-state index is -3.47. The van der Waals surface area contributed by atoms with E-state index in [1.165, 1.54) is 67.9 Å². The first-order valence-electron chi connectivity index (χ1n) is 29.0. The average molecular weight is 1290 g/mol. The monoisotopic (exact) mass is 1290 g/mol. The van der Waals surface area contributed by atoms with Gasteiger partial charge in [0, 0.05) is 24.8 Å². The van der Waals surface area contributed by atoms with E-state index in [0.29, 0.717) is 0 Å². The Labute approximate surface area is 542 Å². The van der Waals surface area contributed by atoms with Crippen LogP contribution in [0.1, 0.15) is 140 Å². The Morgan fingerprint density at radius 3 is 0.727 bits per heavy atom. The van der Waals surface area contributed by atoms with Crippen molar-refractivity contribution >= 4 is 61.7 Å². The molecule has 0 atom stereocenters. The summed E-state index contributed by atoms with van der Waals surface area (Å²) in [5.74, 6) is -1.53. The molecule has 0 spiro atoms. The van der Waals surface area contributed by atoms with Gasteiger partial charge in [-0.1, -0.05) is 175 Å². The first-order valence-corrected chi connectivity index (χ1v) is 29.0. The van der Waals surface area contributed by atoms with Gasteiger partial charge in [-0.3, -0.25) is 9.97 Å². The number of hydrogen-bond acceptors (Lipinski definition) is 17. The zero-order valence-electron chi connectivity index (χ0n) is 52.8. The van der Waals surface area contributed by atoms with Gasteiger partial charge < -0.3 is 48.3 Å². The van der Waals surface area contributed by atoms with Crippen LogP contribution in [0.15, 0.2) is 165 Å². The number of rotatable bonds is 8. The van der Waals surface area contributed by atoms with Crippen LogP contribution in [0.3, 0.4) is 0 Å². The van der Waals surface area contributed by atoms with Crippen LogP contribution in [0, 0.1) is 0 Å². The maximum atomic E-state index is 14.5. The molecule has 3 aliphatic heterocycles. The third kappa shape index (κ3) is 16.4. The molecule has 3 aliphatic rings. The predicted molar refractivity (Wildman–Crippen MR) is 338 cm³/mol. The molecule has 88 heavy (non-hydrogen) atoms. The Balaban J connectivity index is 0.00000104. The van der Waals surface area contributed by atoms with Crippen LogP contribution < -0.4 is 26.2 Å². The number of fused-ring (bicyclic) bond motifs is 6. The molecule has 448 valence electrons. The average Bonchev–Trinajstić information content (AvgIpc) is 2.04. The third-order valence-corrected chi connectivity index (χ3v) is 15.7. The Hall–Kier alpha value is -8.04. The SMILES string of the molecule is CC(C)(C)c1cc2c([O-])c(c1)/C=N/O[B-]1(c3ccc(-c4ccncc4)cc3)O/N=C/c3cc(C(C)(C)C)cc(c3[O-])/C=N/O[B-](c3ccc(-c4ccncc4)cc3)(O/N=C/2)O/N=C/c2cc(C(C)(C)C)cc(c2[O-])/C=N/O1.CC[N+](CC)(CC)CC.[Zn+2].[Zn+2]. The summed E-state index contributed by atoms with van der Waals surface area (Å²) >= 11 is 0. The Morgan fingerprint density at radius 1 is 0.341 bits per heavy atom. The van der Waals surface area contributed by atoms with Crippen molar-refractivity contribution in [3.8, 4) is 39.5 Å². The van der Waals surface area contributed by atoms with E-state index >= 15 is 0 Å². The fourth-order valence-corrected chi connectivity index (χ4v) is 9.64. The van der Waals surface area contributed by atoms with Gasteiger partial charge in [0.15, 0.2) is 0 Å². The summed E-state index contributed by atoms with van der Waals surface area (Å²) in [4.78, 5) is 8.29. The van der Waals surface area contributed by atoms with Crippen molar-refractivity contribution < 1.29 is 87.3 Å². The van der Waals surface area contributed by atoms with Gasteiger partial charge in [0.25, 0.3) is 0 Å². The van der Waals surface area contributed by atoms with Crippen molar-refractivity contribution in [3.05, 3.63) is 184 Å². The van der Waals surface area contributed by atoms with E-state index in [2.05, 4.69) is 68.6 Å². The fourth-order valence-electron chi connectivity index (χ4n) is 9.64. The van der Waals surface area contributed by atoms with Crippen LogP contribution in [0.5, 0.6) is 17.2 Å². The number of oxime groups is 6.